The van der Waals surface area contributed by atoms with E-state index in [0.29, 0.717) is 44.8 Å². The Balaban J connectivity index is 1.54. The molecule has 0 unspecified atom stereocenters. The summed E-state index contributed by atoms with van der Waals surface area (Å²) in [5.41, 5.74) is 1.27. The van der Waals surface area contributed by atoms with Crippen molar-refractivity contribution < 1.29 is 19.1 Å². The number of nitrogens with zero attached hydrogens (tertiary/aromatic N) is 3. The number of carbonyl (C=O) groups excluding carboxylic acids is 2. The number of methoxy groups -OCH3 is 2. The lowest BCUT2D eigenvalue weighted by molar-refractivity contribution is -0.116. The van der Waals surface area contributed by atoms with Crippen LogP contribution in [0, 0.1) is 0 Å². The highest BCUT2D eigenvalue weighted by Crippen LogP contribution is 2.28. The second kappa shape index (κ2) is 13.2. The van der Waals surface area contributed by atoms with Gasteiger partial charge in [-0.2, -0.15) is 0 Å². The molecular formula is C24H25Cl2N5O4S. The highest BCUT2D eigenvalue weighted by atomic mass is 35.5. The lowest BCUT2D eigenvalue weighted by Crippen LogP contribution is -2.22. The van der Waals surface area contributed by atoms with E-state index in [4.69, 9.17) is 32.7 Å². The van der Waals surface area contributed by atoms with Gasteiger partial charge < -0.3 is 24.7 Å². The van der Waals surface area contributed by atoms with Crippen LogP contribution in [-0.4, -0.2) is 46.6 Å². The topological polar surface area (TPSA) is 107 Å². The van der Waals surface area contributed by atoms with E-state index < -0.39 is 0 Å². The number of benzene rings is 2. The number of anilines is 1. The van der Waals surface area contributed by atoms with E-state index in [1.165, 1.54) is 17.8 Å². The smallest absolute Gasteiger partial charge is 0.244 e. The van der Waals surface area contributed by atoms with Gasteiger partial charge in [0.05, 0.1) is 37.2 Å². The van der Waals surface area contributed by atoms with Gasteiger partial charge in [0.1, 0.15) is 0 Å². The number of nitrogens with one attached hydrogen (secondary N) is 2. The lowest BCUT2D eigenvalue weighted by atomic mass is 10.2. The molecule has 0 radical (unpaired) electrons. The first-order chi connectivity index (χ1) is 17.3. The molecule has 190 valence electrons. The van der Waals surface area contributed by atoms with E-state index >= 15 is 0 Å². The zero-order chi connectivity index (χ0) is 26.1. The molecule has 3 aromatic rings. The summed E-state index contributed by atoms with van der Waals surface area (Å²) in [5, 5.41) is 15.3. The Hall–Kier alpha value is -3.21. The maximum absolute atomic E-state index is 12.3. The largest absolute Gasteiger partial charge is 0.493 e. The highest BCUT2D eigenvalue weighted by Gasteiger charge is 2.14. The van der Waals surface area contributed by atoms with Crippen LogP contribution in [0.5, 0.6) is 11.5 Å². The Labute approximate surface area is 223 Å². The van der Waals surface area contributed by atoms with E-state index in [1.807, 2.05) is 17.6 Å². The van der Waals surface area contributed by atoms with Crippen LogP contribution in [-0.2, 0) is 22.7 Å². The summed E-state index contributed by atoms with van der Waals surface area (Å²) in [6.45, 7) is 2.69. The van der Waals surface area contributed by atoms with E-state index in [2.05, 4.69) is 20.8 Å². The van der Waals surface area contributed by atoms with Crippen molar-refractivity contribution >= 4 is 58.5 Å². The molecule has 2 N–H and O–H groups in total. The average Bonchev–Trinajstić information content (AvgIpc) is 3.28. The molecule has 2 aromatic carbocycles. The number of ether oxygens (including phenoxy) is 2. The Kier molecular flexibility index (Phi) is 10.0. The summed E-state index contributed by atoms with van der Waals surface area (Å²) in [4.78, 5) is 24.7. The van der Waals surface area contributed by atoms with Crippen LogP contribution >= 0.6 is 35.0 Å². The van der Waals surface area contributed by atoms with Crippen LogP contribution in [0.3, 0.4) is 0 Å². The molecule has 0 saturated heterocycles. The number of amides is 2. The number of rotatable bonds is 11. The molecule has 9 nitrogen and oxygen atoms in total. The third-order valence-corrected chi connectivity index (χ3v) is 6.42. The predicted octanol–water partition coefficient (Wildman–Crippen LogP) is 4.68. The second-order valence-corrected chi connectivity index (χ2v) is 9.06. The van der Waals surface area contributed by atoms with Gasteiger partial charge in [-0.25, -0.2) is 0 Å². The third-order valence-electron chi connectivity index (χ3n) is 4.90. The molecule has 2 amide bonds. The highest BCUT2D eigenvalue weighted by molar-refractivity contribution is 7.99. The summed E-state index contributed by atoms with van der Waals surface area (Å²) < 4.78 is 12.3. The molecule has 0 aliphatic rings. The van der Waals surface area contributed by atoms with Crippen LogP contribution < -0.4 is 20.1 Å². The lowest BCUT2D eigenvalue weighted by Gasteiger charge is -2.09. The quantitative estimate of drug-likeness (QED) is 0.264. The Morgan fingerprint density at radius 1 is 1.08 bits per heavy atom. The summed E-state index contributed by atoms with van der Waals surface area (Å²) in [6, 6.07) is 10.2. The number of hydrogen-bond donors (Lipinski definition) is 2. The Bertz CT molecular complexity index is 1270. The van der Waals surface area contributed by atoms with Gasteiger partial charge in [-0.15, -0.1) is 10.2 Å². The molecule has 0 bridgehead atoms. The third kappa shape index (κ3) is 7.39. The molecule has 0 aliphatic carbocycles. The van der Waals surface area contributed by atoms with Gasteiger partial charge in [0, 0.05) is 17.6 Å². The van der Waals surface area contributed by atoms with Gasteiger partial charge in [-0.3, -0.25) is 9.59 Å². The van der Waals surface area contributed by atoms with Gasteiger partial charge in [0.25, 0.3) is 0 Å². The normalized spacial score (nSPS) is 10.9. The van der Waals surface area contributed by atoms with Crippen molar-refractivity contribution in [2.75, 3.05) is 25.3 Å². The van der Waals surface area contributed by atoms with Crippen LogP contribution in [0.1, 0.15) is 18.3 Å². The van der Waals surface area contributed by atoms with Crippen molar-refractivity contribution in [2.24, 2.45) is 0 Å². The maximum atomic E-state index is 12.3. The van der Waals surface area contributed by atoms with Crippen LogP contribution in [0.2, 0.25) is 10.0 Å². The van der Waals surface area contributed by atoms with Crippen molar-refractivity contribution in [3.63, 3.8) is 0 Å². The van der Waals surface area contributed by atoms with Crippen LogP contribution in [0.4, 0.5) is 5.69 Å². The van der Waals surface area contributed by atoms with E-state index in [1.54, 1.807) is 50.6 Å². The molecule has 0 fully saturated rings. The molecule has 0 aliphatic heterocycles. The van der Waals surface area contributed by atoms with Gasteiger partial charge in [0.2, 0.25) is 11.8 Å². The zero-order valence-corrected chi connectivity index (χ0v) is 22.2. The van der Waals surface area contributed by atoms with E-state index in [9.17, 15) is 9.59 Å². The molecule has 3 rings (SSSR count). The number of halogens is 2. The Morgan fingerprint density at radius 3 is 2.56 bits per heavy atom. The number of thioether (sulfide) groups is 1. The van der Waals surface area contributed by atoms with Crippen LogP contribution in [0.25, 0.3) is 6.08 Å². The van der Waals surface area contributed by atoms with E-state index in [-0.39, 0.29) is 24.1 Å². The first-order valence-corrected chi connectivity index (χ1v) is 12.6. The summed E-state index contributed by atoms with van der Waals surface area (Å²) in [7, 11) is 3.11. The van der Waals surface area contributed by atoms with Crippen molar-refractivity contribution in [3.05, 3.63) is 63.9 Å². The first kappa shape index (κ1) is 27.4. The van der Waals surface area contributed by atoms with Gasteiger partial charge in [-0.1, -0.05) is 41.0 Å². The minimum atomic E-state index is -0.288. The summed E-state index contributed by atoms with van der Waals surface area (Å²) >= 11 is 13.2. The fraction of sp³-hybridized carbons (Fsp3) is 0.250. The molecule has 0 saturated carbocycles. The minimum Gasteiger partial charge on any atom is -0.493 e. The zero-order valence-electron chi connectivity index (χ0n) is 19.9. The van der Waals surface area contributed by atoms with Crippen molar-refractivity contribution in [1.82, 2.24) is 20.1 Å². The standard InChI is InChI=1S/C24H25Cl2N5O4S/c1-4-31-21(13-27-22(32)10-6-15-5-9-19(34-2)20(11-15)35-3)29-30-24(31)36-14-23(33)28-18-8-7-16(25)12-17(18)26/h5-12H,4,13-14H2,1-3H3,(H,27,32)(H,28,33). The predicted molar refractivity (Wildman–Crippen MR) is 142 cm³/mol. The van der Waals surface area contributed by atoms with E-state index in [0.717, 1.165) is 5.56 Å². The molecule has 1 heterocycles. The molecule has 12 heteroatoms. The molecule has 0 spiro atoms. The monoisotopic (exact) mass is 549 g/mol. The number of aromatic nitrogens is 3. The summed E-state index contributed by atoms with van der Waals surface area (Å²) in [6.07, 6.45) is 3.10. The van der Waals surface area contributed by atoms with Crippen molar-refractivity contribution in [1.29, 1.82) is 0 Å². The fourth-order valence-corrected chi connectivity index (χ4v) is 4.41. The minimum absolute atomic E-state index is 0.109. The van der Waals surface area contributed by atoms with Gasteiger partial charge in [0.15, 0.2) is 22.5 Å². The molecule has 0 atom stereocenters. The second-order valence-electron chi connectivity index (χ2n) is 7.27. The Morgan fingerprint density at radius 2 is 1.86 bits per heavy atom. The SMILES string of the molecule is CCn1c(CNC(=O)C=Cc2ccc(OC)c(OC)c2)nnc1SCC(=O)Nc1ccc(Cl)cc1Cl. The van der Waals surface area contributed by atoms with Crippen molar-refractivity contribution in [3.8, 4) is 11.5 Å². The summed E-state index contributed by atoms with van der Waals surface area (Å²) in [5.74, 6) is 1.34. The average molecular weight is 550 g/mol. The van der Waals surface area contributed by atoms with Crippen LogP contribution in [0.15, 0.2) is 47.6 Å². The van der Waals surface area contributed by atoms with Crippen molar-refractivity contribution in [2.45, 2.75) is 25.2 Å². The first-order valence-electron chi connectivity index (χ1n) is 10.8. The van der Waals surface area contributed by atoms with Gasteiger partial charge >= 0.3 is 0 Å². The maximum Gasteiger partial charge on any atom is 0.244 e. The fourth-order valence-electron chi connectivity index (χ4n) is 3.13. The number of carbonyl (C=O) groups is 2. The molecular weight excluding hydrogens is 525 g/mol. The molecule has 1 aromatic heterocycles. The molecule has 36 heavy (non-hydrogen) atoms. The number of hydrogen-bond acceptors (Lipinski definition) is 7. The van der Waals surface area contributed by atoms with Gasteiger partial charge in [-0.05, 0) is 48.9 Å².